The van der Waals surface area contributed by atoms with E-state index in [1.165, 1.54) is 19.0 Å². The average Bonchev–Trinajstić information content (AvgIpc) is 3.43. The van der Waals surface area contributed by atoms with Crippen LogP contribution in [0.2, 0.25) is 0 Å². The predicted octanol–water partition coefficient (Wildman–Crippen LogP) is 1.45. The number of urea groups is 1. The van der Waals surface area contributed by atoms with Crippen molar-refractivity contribution in [2.75, 3.05) is 24.5 Å². The van der Waals surface area contributed by atoms with Gasteiger partial charge >= 0.3 is 6.03 Å². The highest BCUT2D eigenvalue weighted by Crippen LogP contribution is 2.31. The molecule has 0 radical (unpaired) electrons. The maximum atomic E-state index is 12.4. The standard InChI is InChI=1S/C18H20N6O2/c25-17(14-2-1-5-19-8-14)22-10-15-9-21-16(11-20-15)24-7-6-23(18(24)26)12-13-3-4-13/h1-2,5,8-9,11,13H,3-4,6-7,10,12H2,(H,22,25). The number of hydrogen-bond acceptors (Lipinski definition) is 5. The fourth-order valence-corrected chi connectivity index (χ4v) is 2.93. The highest BCUT2D eigenvalue weighted by Gasteiger charge is 2.34. The van der Waals surface area contributed by atoms with E-state index in [4.69, 9.17) is 0 Å². The summed E-state index contributed by atoms with van der Waals surface area (Å²) in [4.78, 5) is 40.6. The Morgan fingerprint density at radius 2 is 2.08 bits per heavy atom. The second-order valence-corrected chi connectivity index (χ2v) is 6.61. The van der Waals surface area contributed by atoms with Crippen molar-refractivity contribution in [2.45, 2.75) is 19.4 Å². The Morgan fingerprint density at radius 1 is 1.19 bits per heavy atom. The number of amides is 3. The first-order chi connectivity index (χ1) is 12.7. The highest BCUT2D eigenvalue weighted by atomic mass is 16.2. The van der Waals surface area contributed by atoms with Crippen LogP contribution in [0.1, 0.15) is 28.9 Å². The van der Waals surface area contributed by atoms with Gasteiger partial charge in [0.05, 0.1) is 30.2 Å². The summed E-state index contributed by atoms with van der Waals surface area (Å²) in [5.74, 6) is 1.01. The van der Waals surface area contributed by atoms with Crippen molar-refractivity contribution in [1.82, 2.24) is 25.2 Å². The van der Waals surface area contributed by atoms with Gasteiger partial charge in [-0.2, -0.15) is 0 Å². The molecule has 1 aliphatic heterocycles. The molecular weight excluding hydrogens is 332 g/mol. The Labute approximate surface area is 151 Å². The van der Waals surface area contributed by atoms with Gasteiger partial charge in [-0.1, -0.05) is 0 Å². The fourth-order valence-electron chi connectivity index (χ4n) is 2.93. The molecule has 1 saturated carbocycles. The topological polar surface area (TPSA) is 91.3 Å². The van der Waals surface area contributed by atoms with Gasteiger partial charge in [-0.15, -0.1) is 0 Å². The van der Waals surface area contributed by atoms with Crippen molar-refractivity contribution in [3.05, 3.63) is 48.2 Å². The number of anilines is 1. The molecule has 3 heterocycles. The first-order valence-corrected chi connectivity index (χ1v) is 8.76. The molecule has 1 saturated heterocycles. The van der Waals surface area contributed by atoms with Crippen LogP contribution in [0.15, 0.2) is 36.9 Å². The van der Waals surface area contributed by atoms with Crippen LogP contribution in [-0.4, -0.2) is 51.4 Å². The van der Waals surface area contributed by atoms with Gasteiger partial charge < -0.3 is 10.2 Å². The minimum absolute atomic E-state index is 0.00355. The third-order valence-corrected chi connectivity index (χ3v) is 4.59. The van der Waals surface area contributed by atoms with Gasteiger partial charge in [0.2, 0.25) is 0 Å². The van der Waals surface area contributed by atoms with Crippen LogP contribution in [-0.2, 0) is 6.54 Å². The second kappa shape index (κ2) is 7.07. The Morgan fingerprint density at radius 3 is 2.77 bits per heavy atom. The lowest BCUT2D eigenvalue weighted by Crippen LogP contribution is -2.33. The number of hydrogen-bond donors (Lipinski definition) is 1. The summed E-state index contributed by atoms with van der Waals surface area (Å²) in [7, 11) is 0. The second-order valence-electron chi connectivity index (χ2n) is 6.61. The molecule has 0 aromatic carbocycles. The zero-order valence-corrected chi connectivity index (χ0v) is 14.3. The van der Waals surface area contributed by atoms with Crippen molar-refractivity contribution >= 4 is 17.8 Å². The van der Waals surface area contributed by atoms with E-state index >= 15 is 0 Å². The van der Waals surface area contributed by atoms with E-state index < -0.39 is 0 Å². The quantitative estimate of drug-likeness (QED) is 0.850. The lowest BCUT2D eigenvalue weighted by molar-refractivity contribution is 0.0950. The minimum Gasteiger partial charge on any atom is -0.346 e. The number of carbonyl (C=O) groups excluding carboxylic acids is 2. The normalized spacial score (nSPS) is 16.8. The van der Waals surface area contributed by atoms with Crippen LogP contribution >= 0.6 is 0 Å². The van der Waals surface area contributed by atoms with Crippen molar-refractivity contribution in [1.29, 1.82) is 0 Å². The maximum Gasteiger partial charge on any atom is 0.325 e. The van der Waals surface area contributed by atoms with Gasteiger partial charge in [-0.25, -0.2) is 9.78 Å². The Kier molecular flexibility index (Phi) is 4.47. The fraction of sp³-hybridized carbons (Fsp3) is 0.389. The number of rotatable bonds is 6. The molecule has 134 valence electrons. The van der Waals surface area contributed by atoms with Crippen LogP contribution in [0.4, 0.5) is 10.6 Å². The van der Waals surface area contributed by atoms with Crippen LogP contribution < -0.4 is 10.2 Å². The lowest BCUT2D eigenvalue weighted by atomic mass is 10.2. The van der Waals surface area contributed by atoms with E-state index in [2.05, 4.69) is 20.3 Å². The summed E-state index contributed by atoms with van der Waals surface area (Å²) in [5, 5.41) is 2.78. The zero-order valence-electron chi connectivity index (χ0n) is 14.3. The number of pyridine rings is 1. The largest absolute Gasteiger partial charge is 0.346 e. The molecular formula is C18H20N6O2. The molecule has 8 heteroatoms. The van der Waals surface area contributed by atoms with Crippen LogP contribution in [0.5, 0.6) is 0 Å². The molecule has 26 heavy (non-hydrogen) atoms. The molecule has 4 rings (SSSR count). The molecule has 0 unspecified atom stereocenters. The molecule has 1 aliphatic carbocycles. The number of aromatic nitrogens is 3. The van der Waals surface area contributed by atoms with Gasteiger partial charge in [-0.3, -0.25) is 19.7 Å². The van der Waals surface area contributed by atoms with Gasteiger partial charge in [-0.05, 0) is 30.9 Å². The van der Waals surface area contributed by atoms with E-state index in [1.807, 2.05) is 4.90 Å². The molecule has 0 bridgehead atoms. The molecule has 2 aromatic heterocycles. The summed E-state index contributed by atoms with van der Waals surface area (Å²) in [6.45, 7) is 2.49. The summed E-state index contributed by atoms with van der Waals surface area (Å²) in [6.07, 6.45) is 8.76. The van der Waals surface area contributed by atoms with Crippen LogP contribution in [0.3, 0.4) is 0 Å². The lowest BCUT2D eigenvalue weighted by Gasteiger charge is -2.17. The van der Waals surface area contributed by atoms with Gasteiger partial charge in [0.25, 0.3) is 5.91 Å². The van der Waals surface area contributed by atoms with Crippen molar-refractivity contribution in [3.63, 3.8) is 0 Å². The molecule has 1 N–H and O–H groups in total. The first kappa shape index (κ1) is 16.4. The summed E-state index contributed by atoms with van der Waals surface area (Å²) < 4.78 is 0. The highest BCUT2D eigenvalue weighted by molar-refractivity contribution is 5.94. The molecule has 2 fully saturated rings. The molecule has 2 aromatic rings. The van der Waals surface area contributed by atoms with Crippen molar-refractivity contribution < 1.29 is 9.59 Å². The third-order valence-electron chi connectivity index (χ3n) is 4.59. The Bertz CT molecular complexity index is 791. The van der Waals surface area contributed by atoms with E-state index in [0.717, 1.165) is 13.1 Å². The Balaban J connectivity index is 1.33. The van der Waals surface area contributed by atoms with Gasteiger partial charge in [0.1, 0.15) is 0 Å². The van der Waals surface area contributed by atoms with E-state index in [-0.39, 0.29) is 18.5 Å². The first-order valence-electron chi connectivity index (χ1n) is 8.76. The van der Waals surface area contributed by atoms with Crippen LogP contribution in [0, 0.1) is 5.92 Å². The third kappa shape index (κ3) is 3.63. The summed E-state index contributed by atoms with van der Waals surface area (Å²) >= 11 is 0. The smallest absolute Gasteiger partial charge is 0.325 e. The summed E-state index contributed by atoms with van der Waals surface area (Å²) in [6, 6.07) is 3.41. The van der Waals surface area contributed by atoms with Crippen molar-refractivity contribution in [3.8, 4) is 0 Å². The average molecular weight is 352 g/mol. The maximum absolute atomic E-state index is 12.4. The van der Waals surface area contributed by atoms with E-state index in [9.17, 15) is 9.59 Å². The number of nitrogens with one attached hydrogen (secondary N) is 1. The molecule has 0 atom stereocenters. The zero-order chi connectivity index (χ0) is 17.9. The molecule has 2 aliphatic rings. The number of carbonyl (C=O) groups is 2. The van der Waals surface area contributed by atoms with Crippen molar-refractivity contribution in [2.24, 2.45) is 5.92 Å². The van der Waals surface area contributed by atoms with Gasteiger partial charge in [0.15, 0.2) is 5.82 Å². The summed E-state index contributed by atoms with van der Waals surface area (Å²) in [5.41, 5.74) is 1.13. The van der Waals surface area contributed by atoms with E-state index in [1.54, 1.807) is 35.6 Å². The van der Waals surface area contributed by atoms with Crippen LogP contribution in [0.25, 0.3) is 0 Å². The SMILES string of the molecule is O=C(NCc1cnc(N2CCN(CC3CC3)C2=O)cn1)c1cccnc1. The monoisotopic (exact) mass is 352 g/mol. The van der Waals surface area contributed by atoms with E-state index in [0.29, 0.717) is 29.5 Å². The minimum atomic E-state index is -0.214. The molecule has 0 spiro atoms. The number of nitrogens with zero attached hydrogens (tertiary/aromatic N) is 5. The molecule has 8 nitrogen and oxygen atoms in total. The Hall–Kier alpha value is -3.03. The predicted molar refractivity (Wildman–Crippen MR) is 94.5 cm³/mol. The molecule has 3 amide bonds. The van der Waals surface area contributed by atoms with Gasteiger partial charge in [0, 0.05) is 32.0 Å².